The Kier molecular flexibility index (Phi) is 11.0. The van der Waals surface area contributed by atoms with Crippen molar-refractivity contribution in [1.29, 1.82) is 0 Å². The Morgan fingerprint density at radius 1 is 1.00 bits per heavy atom. The summed E-state index contributed by atoms with van der Waals surface area (Å²) in [6, 6.07) is 10.2. The molecular formula is C30H38N6O5. The molecular weight excluding hydrogens is 524 g/mol. The van der Waals surface area contributed by atoms with Gasteiger partial charge < -0.3 is 34.6 Å². The molecule has 41 heavy (non-hydrogen) atoms. The van der Waals surface area contributed by atoms with Gasteiger partial charge in [-0.15, -0.1) is 0 Å². The van der Waals surface area contributed by atoms with Crippen LogP contribution in [0.1, 0.15) is 29.4 Å². The molecule has 2 N–H and O–H groups in total. The lowest BCUT2D eigenvalue weighted by molar-refractivity contribution is -0.111. The summed E-state index contributed by atoms with van der Waals surface area (Å²) in [6.07, 6.45) is 3.56. The Morgan fingerprint density at radius 2 is 1.76 bits per heavy atom. The highest BCUT2D eigenvalue weighted by atomic mass is 16.5. The van der Waals surface area contributed by atoms with Crippen molar-refractivity contribution >= 4 is 34.7 Å². The van der Waals surface area contributed by atoms with Gasteiger partial charge in [-0.05, 0) is 50.9 Å². The third kappa shape index (κ3) is 8.18. The highest BCUT2D eigenvalue weighted by Gasteiger charge is 2.19. The van der Waals surface area contributed by atoms with E-state index < -0.39 is 0 Å². The first-order valence-corrected chi connectivity index (χ1v) is 13.2. The molecule has 0 aliphatic heterocycles. The molecule has 0 atom stereocenters. The molecule has 0 saturated carbocycles. The number of hydrogen-bond donors (Lipinski definition) is 2. The van der Waals surface area contributed by atoms with E-state index in [1.54, 1.807) is 31.4 Å². The Morgan fingerprint density at radius 3 is 2.41 bits per heavy atom. The predicted octanol–water partition coefficient (Wildman–Crippen LogP) is 4.38. The monoisotopic (exact) mass is 562 g/mol. The van der Waals surface area contributed by atoms with Gasteiger partial charge in [0.25, 0.3) is 0 Å². The van der Waals surface area contributed by atoms with E-state index in [0.29, 0.717) is 47.3 Å². The molecule has 1 heterocycles. The Bertz CT molecular complexity index is 1380. The summed E-state index contributed by atoms with van der Waals surface area (Å²) in [7, 11) is 8.97. The number of anilines is 4. The van der Waals surface area contributed by atoms with Crippen LogP contribution < -0.4 is 29.7 Å². The van der Waals surface area contributed by atoms with Crippen LogP contribution >= 0.6 is 0 Å². The van der Waals surface area contributed by atoms with Crippen molar-refractivity contribution in [3.8, 4) is 17.2 Å². The van der Waals surface area contributed by atoms with Gasteiger partial charge in [0.15, 0.2) is 0 Å². The topological polar surface area (TPSA) is 118 Å². The van der Waals surface area contributed by atoms with Crippen LogP contribution in [0.15, 0.2) is 55.3 Å². The molecule has 11 heteroatoms. The number of amides is 1. The minimum atomic E-state index is -0.354. The first kappa shape index (κ1) is 30.9. The van der Waals surface area contributed by atoms with E-state index in [9.17, 15) is 9.59 Å². The highest BCUT2D eigenvalue weighted by molar-refractivity contribution is 6.09. The summed E-state index contributed by atoms with van der Waals surface area (Å²) >= 11 is 0. The average Bonchev–Trinajstić information content (AvgIpc) is 2.98. The molecule has 0 saturated heterocycles. The summed E-state index contributed by atoms with van der Waals surface area (Å²) in [5.41, 5.74) is 2.31. The minimum absolute atomic E-state index is 0.169. The van der Waals surface area contributed by atoms with E-state index in [-0.39, 0.29) is 23.3 Å². The smallest absolute Gasteiger partial charge is 0.247 e. The van der Waals surface area contributed by atoms with E-state index in [4.69, 9.17) is 14.2 Å². The molecule has 3 aromatic rings. The summed E-state index contributed by atoms with van der Waals surface area (Å²) in [5, 5.41) is 5.98. The fraction of sp³-hybridized carbons (Fsp3) is 0.333. The number of nitrogens with zero attached hydrogens (tertiary/aromatic N) is 4. The van der Waals surface area contributed by atoms with Gasteiger partial charge in [-0.3, -0.25) is 9.59 Å². The van der Waals surface area contributed by atoms with Crippen molar-refractivity contribution in [2.24, 2.45) is 0 Å². The van der Waals surface area contributed by atoms with E-state index >= 15 is 0 Å². The van der Waals surface area contributed by atoms with Gasteiger partial charge in [-0.2, -0.15) is 0 Å². The molecule has 0 unspecified atom stereocenters. The average molecular weight is 563 g/mol. The molecule has 1 amide bonds. The first-order valence-electron chi connectivity index (χ1n) is 13.2. The van der Waals surface area contributed by atoms with Gasteiger partial charge in [0, 0.05) is 38.5 Å². The van der Waals surface area contributed by atoms with Crippen molar-refractivity contribution in [2.45, 2.75) is 13.3 Å². The number of ketones is 1. The van der Waals surface area contributed by atoms with Gasteiger partial charge in [0.2, 0.25) is 17.6 Å². The van der Waals surface area contributed by atoms with Crippen LogP contribution in [0.2, 0.25) is 0 Å². The third-order valence-corrected chi connectivity index (χ3v) is 6.08. The van der Waals surface area contributed by atoms with Crippen LogP contribution in [-0.2, 0) is 4.79 Å². The predicted molar refractivity (Wildman–Crippen MR) is 161 cm³/mol. The molecule has 0 fully saturated rings. The Balaban J connectivity index is 1.94. The second kappa shape index (κ2) is 14.7. The number of carbonyl (C=O) groups is 2. The lowest BCUT2D eigenvalue weighted by atomic mass is 10.1. The number of methoxy groups -OCH3 is 2. The van der Waals surface area contributed by atoms with Gasteiger partial charge >= 0.3 is 0 Å². The largest absolute Gasteiger partial charge is 0.496 e. The second-order valence-electron chi connectivity index (χ2n) is 9.42. The highest BCUT2D eigenvalue weighted by Crippen LogP contribution is 2.38. The number of aromatic nitrogens is 2. The zero-order valence-electron chi connectivity index (χ0n) is 24.5. The van der Waals surface area contributed by atoms with Gasteiger partial charge in [-0.25, -0.2) is 9.97 Å². The third-order valence-electron chi connectivity index (χ3n) is 6.08. The van der Waals surface area contributed by atoms with E-state index in [0.717, 1.165) is 18.7 Å². The van der Waals surface area contributed by atoms with Crippen molar-refractivity contribution in [1.82, 2.24) is 14.9 Å². The molecule has 218 valence electrons. The maximum absolute atomic E-state index is 13.4. The fourth-order valence-corrected chi connectivity index (χ4v) is 3.88. The summed E-state index contributed by atoms with van der Waals surface area (Å²) in [4.78, 5) is 38.5. The van der Waals surface area contributed by atoms with Gasteiger partial charge in [0.1, 0.15) is 22.9 Å². The lowest BCUT2D eigenvalue weighted by Crippen LogP contribution is -2.29. The fourth-order valence-electron chi connectivity index (χ4n) is 3.88. The lowest BCUT2D eigenvalue weighted by Gasteiger charge is -2.26. The van der Waals surface area contributed by atoms with E-state index in [1.807, 2.05) is 39.0 Å². The summed E-state index contributed by atoms with van der Waals surface area (Å²) in [6.45, 7) is 7.65. The first-order chi connectivity index (χ1) is 19.7. The van der Waals surface area contributed by atoms with Crippen LogP contribution in [0.3, 0.4) is 0 Å². The normalized spacial score (nSPS) is 10.6. The number of ether oxygens (including phenoxy) is 3. The number of carbonyl (C=O) groups excluding carboxylic acids is 2. The van der Waals surface area contributed by atoms with Crippen LogP contribution in [-0.4, -0.2) is 81.6 Å². The number of rotatable bonds is 15. The maximum Gasteiger partial charge on any atom is 0.247 e. The zero-order chi connectivity index (χ0) is 29.9. The van der Waals surface area contributed by atoms with Gasteiger partial charge in [-0.1, -0.05) is 13.5 Å². The number of hydrogen-bond acceptors (Lipinski definition) is 10. The standard InChI is InChI=1S/C30H38N6O5/c1-8-16-41-20-10-11-21(26(17-20)39-6)29(38)22-12-13-31-30(33-22)34-24-18-23(32-28(37)9-2)25(19-27(24)40-7)36(5)15-14-35(3)4/h9-13,17-19H,2,8,14-16H2,1,3-7H3,(H,32,37)(H,31,33,34). The zero-order valence-corrected chi connectivity index (χ0v) is 24.5. The molecule has 0 spiro atoms. The van der Waals surface area contributed by atoms with Crippen molar-refractivity contribution in [3.05, 3.63) is 66.5 Å². The molecule has 0 aliphatic rings. The van der Waals surface area contributed by atoms with Crippen LogP contribution in [0.25, 0.3) is 0 Å². The molecule has 0 radical (unpaired) electrons. The van der Waals surface area contributed by atoms with E-state index in [2.05, 4.69) is 32.1 Å². The van der Waals surface area contributed by atoms with Crippen LogP contribution in [0.5, 0.6) is 17.2 Å². The summed E-state index contributed by atoms with van der Waals surface area (Å²) in [5.74, 6) is 0.983. The number of likely N-dealkylation sites (N-methyl/N-ethyl adjacent to an activating group) is 2. The maximum atomic E-state index is 13.4. The molecule has 11 nitrogen and oxygen atoms in total. The van der Waals surface area contributed by atoms with Crippen LogP contribution in [0, 0.1) is 0 Å². The second-order valence-corrected chi connectivity index (χ2v) is 9.42. The molecule has 1 aromatic heterocycles. The molecule has 0 aliphatic carbocycles. The minimum Gasteiger partial charge on any atom is -0.496 e. The molecule has 3 rings (SSSR count). The van der Waals surface area contributed by atoms with Crippen molar-refractivity contribution < 1.29 is 23.8 Å². The Hall–Kier alpha value is -4.64. The molecule has 2 aromatic carbocycles. The van der Waals surface area contributed by atoms with E-state index in [1.165, 1.54) is 25.4 Å². The van der Waals surface area contributed by atoms with Crippen LogP contribution in [0.4, 0.5) is 23.0 Å². The SMILES string of the molecule is C=CC(=O)Nc1cc(Nc2nccc(C(=O)c3ccc(OCCC)cc3OC)n2)c(OC)cc1N(C)CCN(C)C. The Labute approximate surface area is 241 Å². The van der Waals surface area contributed by atoms with Crippen molar-refractivity contribution in [2.75, 3.05) is 70.6 Å². The number of nitrogens with one attached hydrogen (secondary N) is 2. The number of benzene rings is 2. The molecule has 0 bridgehead atoms. The summed E-state index contributed by atoms with van der Waals surface area (Å²) < 4.78 is 16.8. The quantitative estimate of drug-likeness (QED) is 0.204. The van der Waals surface area contributed by atoms with Crippen molar-refractivity contribution in [3.63, 3.8) is 0 Å². The van der Waals surface area contributed by atoms with Gasteiger partial charge in [0.05, 0.1) is 43.5 Å².